The molecule has 1 saturated heterocycles. The maximum atomic E-state index is 11.3. The number of aromatic nitrogens is 3. The third kappa shape index (κ3) is 2.83. The molecule has 0 aliphatic carbocycles. The molecule has 2 aromatic heterocycles. The van der Waals surface area contributed by atoms with Crippen LogP contribution in [0.1, 0.15) is 50.9 Å². The normalized spacial score (nSPS) is 16.9. The Kier molecular flexibility index (Phi) is 3.87. The van der Waals surface area contributed by atoms with E-state index >= 15 is 0 Å². The summed E-state index contributed by atoms with van der Waals surface area (Å²) in [5, 5.41) is 3.38. The lowest BCUT2D eigenvalue weighted by molar-refractivity contribution is -0.155. The number of esters is 1. The highest BCUT2D eigenvalue weighted by Gasteiger charge is 2.29. The predicted octanol–water partition coefficient (Wildman–Crippen LogP) is 2.22. The molecule has 3 rings (SSSR count). The van der Waals surface area contributed by atoms with Crippen molar-refractivity contribution >= 4 is 17.1 Å². The lowest BCUT2D eigenvalue weighted by atomic mass is 9.90. The predicted molar refractivity (Wildman–Crippen MR) is 83.5 cm³/mol. The molecule has 1 aliphatic rings. The maximum absolute atomic E-state index is 11.3. The summed E-state index contributed by atoms with van der Waals surface area (Å²) in [6, 6.07) is 2.07. The van der Waals surface area contributed by atoms with Gasteiger partial charge in [0.15, 0.2) is 17.1 Å². The van der Waals surface area contributed by atoms with Crippen LogP contribution in [0.4, 0.5) is 0 Å². The summed E-state index contributed by atoms with van der Waals surface area (Å²) in [5.74, 6) is 0.820. The molecule has 1 fully saturated rings. The van der Waals surface area contributed by atoms with Gasteiger partial charge in [0.2, 0.25) is 0 Å². The first-order valence-electron chi connectivity index (χ1n) is 7.73. The Morgan fingerprint density at radius 1 is 1.36 bits per heavy atom. The molecule has 0 aromatic carbocycles. The first kappa shape index (κ1) is 15.0. The van der Waals surface area contributed by atoms with Crippen LogP contribution in [0.15, 0.2) is 12.3 Å². The van der Waals surface area contributed by atoms with E-state index in [4.69, 9.17) is 4.74 Å². The molecule has 0 atom stereocenters. The number of fused-ring (bicyclic) bond motifs is 1. The van der Waals surface area contributed by atoms with Crippen LogP contribution in [-0.2, 0) is 15.1 Å². The molecule has 1 aliphatic heterocycles. The van der Waals surface area contributed by atoms with Gasteiger partial charge in [-0.15, -0.1) is 0 Å². The van der Waals surface area contributed by atoms with E-state index in [1.54, 1.807) is 0 Å². The van der Waals surface area contributed by atoms with Crippen molar-refractivity contribution in [3.05, 3.63) is 23.7 Å². The first-order valence-corrected chi connectivity index (χ1v) is 7.73. The number of pyridine rings is 1. The monoisotopic (exact) mass is 302 g/mol. The van der Waals surface area contributed by atoms with Crippen LogP contribution < -0.4 is 5.32 Å². The summed E-state index contributed by atoms with van der Waals surface area (Å²) >= 11 is 0. The number of rotatable bonds is 3. The number of hydrogen-bond acceptors (Lipinski definition) is 5. The molecule has 0 saturated carbocycles. The SMILES string of the molecule is CC(=O)OC(C)(C)c1nc2nccc(C3CCNCC3)c2[nH]1. The zero-order valence-electron chi connectivity index (χ0n) is 13.3. The average molecular weight is 302 g/mol. The van der Waals surface area contributed by atoms with Gasteiger partial charge in [0.1, 0.15) is 0 Å². The number of nitrogens with zero attached hydrogens (tertiary/aromatic N) is 2. The van der Waals surface area contributed by atoms with Crippen LogP contribution in [0.2, 0.25) is 0 Å². The Labute approximate surface area is 129 Å². The Morgan fingerprint density at radius 3 is 2.77 bits per heavy atom. The molecule has 6 nitrogen and oxygen atoms in total. The van der Waals surface area contributed by atoms with E-state index in [9.17, 15) is 4.79 Å². The number of ether oxygens (including phenoxy) is 1. The lowest BCUT2D eigenvalue weighted by Crippen LogP contribution is -2.27. The molecule has 6 heteroatoms. The minimum Gasteiger partial charge on any atom is -0.452 e. The van der Waals surface area contributed by atoms with Crippen molar-refractivity contribution in [3.63, 3.8) is 0 Å². The molecular formula is C16H22N4O2. The summed E-state index contributed by atoms with van der Waals surface area (Å²) in [7, 11) is 0. The maximum Gasteiger partial charge on any atom is 0.303 e. The Morgan fingerprint density at radius 2 is 2.09 bits per heavy atom. The largest absolute Gasteiger partial charge is 0.452 e. The molecule has 0 spiro atoms. The van der Waals surface area contributed by atoms with Crippen molar-refractivity contribution in [3.8, 4) is 0 Å². The fourth-order valence-corrected chi connectivity index (χ4v) is 3.10. The molecule has 2 aromatic rings. The van der Waals surface area contributed by atoms with Crippen molar-refractivity contribution in [1.82, 2.24) is 20.3 Å². The fourth-order valence-electron chi connectivity index (χ4n) is 3.10. The van der Waals surface area contributed by atoms with Crippen molar-refractivity contribution in [2.45, 2.75) is 45.1 Å². The second-order valence-electron chi connectivity index (χ2n) is 6.31. The molecule has 0 unspecified atom stereocenters. The van der Waals surface area contributed by atoms with E-state index < -0.39 is 5.60 Å². The molecule has 0 amide bonds. The first-order chi connectivity index (χ1) is 10.5. The van der Waals surface area contributed by atoms with Gasteiger partial charge in [-0.2, -0.15) is 0 Å². The number of H-pyrrole nitrogens is 1. The Bertz CT molecular complexity index is 687. The van der Waals surface area contributed by atoms with E-state index in [1.165, 1.54) is 12.5 Å². The summed E-state index contributed by atoms with van der Waals surface area (Å²) in [6.45, 7) is 7.14. The van der Waals surface area contributed by atoms with Crippen molar-refractivity contribution < 1.29 is 9.53 Å². The fraction of sp³-hybridized carbons (Fsp3) is 0.562. The van der Waals surface area contributed by atoms with Crippen LogP contribution >= 0.6 is 0 Å². The number of carbonyl (C=O) groups excluding carboxylic acids is 1. The van der Waals surface area contributed by atoms with Gasteiger partial charge in [-0.05, 0) is 57.3 Å². The number of nitrogens with one attached hydrogen (secondary N) is 2. The van der Waals surface area contributed by atoms with Gasteiger partial charge in [0, 0.05) is 13.1 Å². The highest BCUT2D eigenvalue weighted by molar-refractivity contribution is 5.75. The van der Waals surface area contributed by atoms with Gasteiger partial charge in [0.05, 0.1) is 5.52 Å². The minimum atomic E-state index is -0.794. The minimum absolute atomic E-state index is 0.322. The Balaban J connectivity index is 2.00. The van der Waals surface area contributed by atoms with Crippen LogP contribution in [-0.4, -0.2) is 34.0 Å². The second-order valence-corrected chi connectivity index (χ2v) is 6.31. The highest BCUT2D eigenvalue weighted by atomic mass is 16.6. The zero-order chi connectivity index (χ0) is 15.7. The van der Waals surface area contributed by atoms with Gasteiger partial charge < -0.3 is 15.0 Å². The van der Waals surface area contributed by atoms with E-state index in [0.717, 1.165) is 31.4 Å². The van der Waals surface area contributed by atoms with Gasteiger partial charge in [-0.25, -0.2) is 9.97 Å². The van der Waals surface area contributed by atoms with Crippen LogP contribution in [0.3, 0.4) is 0 Å². The topological polar surface area (TPSA) is 79.9 Å². The third-order valence-corrected chi connectivity index (χ3v) is 4.17. The number of piperidine rings is 1. The molecule has 0 radical (unpaired) electrons. The Hall–Kier alpha value is -1.95. The summed E-state index contributed by atoms with van der Waals surface area (Å²) < 4.78 is 5.37. The number of carbonyl (C=O) groups is 1. The number of hydrogen-bond donors (Lipinski definition) is 2. The smallest absolute Gasteiger partial charge is 0.303 e. The van der Waals surface area contributed by atoms with Crippen LogP contribution in [0.25, 0.3) is 11.2 Å². The van der Waals surface area contributed by atoms with Gasteiger partial charge in [-0.1, -0.05) is 0 Å². The van der Waals surface area contributed by atoms with Crippen LogP contribution in [0, 0.1) is 0 Å². The zero-order valence-corrected chi connectivity index (χ0v) is 13.3. The van der Waals surface area contributed by atoms with Crippen molar-refractivity contribution in [1.29, 1.82) is 0 Å². The number of aromatic amines is 1. The van der Waals surface area contributed by atoms with Crippen molar-refractivity contribution in [2.75, 3.05) is 13.1 Å². The van der Waals surface area contributed by atoms with E-state index in [0.29, 0.717) is 17.4 Å². The van der Waals surface area contributed by atoms with E-state index in [1.807, 2.05) is 20.0 Å². The molecule has 118 valence electrons. The second kappa shape index (κ2) is 5.68. The third-order valence-electron chi connectivity index (χ3n) is 4.17. The molecule has 22 heavy (non-hydrogen) atoms. The average Bonchev–Trinajstić information content (AvgIpc) is 2.91. The summed E-state index contributed by atoms with van der Waals surface area (Å²) in [4.78, 5) is 23.5. The van der Waals surface area contributed by atoms with Gasteiger partial charge in [0.25, 0.3) is 0 Å². The van der Waals surface area contributed by atoms with E-state index in [2.05, 4.69) is 26.3 Å². The van der Waals surface area contributed by atoms with E-state index in [-0.39, 0.29) is 5.97 Å². The standard InChI is InChI=1S/C16H22N4O2/c1-10(21)22-16(2,3)15-19-13-12(6-9-18-14(13)20-15)11-4-7-17-8-5-11/h6,9,11,17H,4-5,7-8H2,1-3H3,(H,18,19,20). The molecular weight excluding hydrogens is 280 g/mol. The molecule has 3 heterocycles. The van der Waals surface area contributed by atoms with Crippen LogP contribution in [0.5, 0.6) is 0 Å². The summed E-state index contributed by atoms with van der Waals surface area (Å²) in [5.41, 5.74) is 2.11. The van der Waals surface area contributed by atoms with Crippen molar-refractivity contribution in [2.24, 2.45) is 0 Å². The number of imidazole rings is 1. The highest BCUT2D eigenvalue weighted by Crippen LogP contribution is 2.31. The van der Waals surface area contributed by atoms with Gasteiger partial charge in [-0.3, -0.25) is 4.79 Å². The molecule has 0 bridgehead atoms. The quantitative estimate of drug-likeness (QED) is 0.850. The lowest BCUT2D eigenvalue weighted by Gasteiger charge is -2.23. The molecule has 2 N–H and O–H groups in total. The summed E-state index contributed by atoms with van der Waals surface area (Å²) in [6.07, 6.45) is 4.03. The van der Waals surface area contributed by atoms with Gasteiger partial charge >= 0.3 is 5.97 Å².